The highest BCUT2D eigenvalue weighted by Crippen LogP contribution is 2.33. The predicted molar refractivity (Wildman–Crippen MR) is 111 cm³/mol. The Morgan fingerprint density at radius 2 is 1.69 bits per heavy atom. The maximum absolute atomic E-state index is 12.7. The number of hydrogen-bond acceptors (Lipinski definition) is 6. The van der Waals surface area contributed by atoms with Gasteiger partial charge in [-0.15, -0.1) is 0 Å². The minimum absolute atomic E-state index is 0.0556. The summed E-state index contributed by atoms with van der Waals surface area (Å²) < 4.78 is 16.5. The van der Waals surface area contributed by atoms with Crippen molar-refractivity contribution in [3.8, 4) is 11.5 Å². The van der Waals surface area contributed by atoms with Gasteiger partial charge in [-0.25, -0.2) is 0 Å². The van der Waals surface area contributed by atoms with Crippen molar-refractivity contribution in [2.75, 3.05) is 14.2 Å². The predicted octanol–water partition coefficient (Wildman–Crippen LogP) is 3.97. The topological polar surface area (TPSA) is 94.7 Å². The number of nitrogens with one attached hydrogen (secondary N) is 1. The van der Waals surface area contributed by atoms with E-state index in [2.05, 4.69) is 20.9 Å². The van der Waals surface area contributed by atoms with Crippen LogP contribution < -0.4 is 9.47 Å². The summed E-state index contributed by atoms with van der Waals surface area (Å²) in [6.45, 7) is 6.38. The van der Waals surface area contributed by atoms with Crippen molar-refractivity contribution >= 4 is 33.5 Å². The first-order valence-electron chi connectivity index (χ1n) is 8.94. The Morgan fingerprint density at radius 1 is 1.10 bits per heavy atom. The number of ketones is 2. The molecular formula is C21H24BrNO6. The van der Waals surface area contributed by atoms with E-state index in [4.69, 9.17) is 14.2 Å². The van der Waals surface area contributed by atoms with E-state index in [1.54, 1.807) is 26.0 Å². The van der Waals surface area contributed by atoms with E-state index in [0.29, 0.717) is 38.4 Å². The van der Waals surface area contributed by atoms with E-state index < -0.39 is 17.9 Å². The van der Waals surface area contributed by atoms with Crippen LogP contribution in [0.1, 0.15) is 51.5 Å². The molecule has 0 aliphatic rings. The van der Waals surface area contributed by atoms with Crippen LogP contribution in [0.25, 0.3) is 0 Å². The number of halogens is 1. The molecule has 2 rings (SSSR count). The van der Waals surface area contributed by atoms with Crippen molar-refractivity contribution in [2.24, 2.45) is 0 Å². The number of hydrogen-bond donors (Lipinski definition) is 1. The summed E-state index contributed by atoms with van der Waals surface area (Å²) in [6, 6.07) is 3.37. The quantitative estimate of drug-likeness (QED) is 0.468. The maximum atomic E-state index is 12.7. The molecule has 0 aliphatic heterocycles. The maximum Gasteiger partial charge on any atom is 0.311 e. The number of benzene rings is 1. The molecule has 29 heavy (non-hydrogen) atoms. The molecule has 1 unspecified atom stereocenters. The average molecular weight is 466 g/mol. The van der Waals surface area contributed by atoms with Gasteiger partial charge in [-0.1, -0.05) is 15.9 Å². The fourth-order valence-electron chi connectivity index (χ4n) is 3.21. The summed E-state index contributed by atoms with van der Waals surface area (Å²) >= 11 is 3.40. The van der Waals surface area contributed by atoms with Crippen LogP contribution in [0.3, 0.4) is 0 Å². The molecule has 2 aromatic rings. The van der Waals surface area contributed by atoms with Gasteiger partial charge in [0.15, 0.2) is 23.4 Å². The Kier molecular flexibility index (Phi) is 7.24. The Morgan fingerprint density at radius 3 is 2.21 bits per heavy atom. The summed E-state index contributed by atoms with van der Waals surface area (Å²) in [4.78, 5) is 39.8. The lowest BCUT2D eigenvalue weighted by molar-refractivity contribution is -0.145. The number of aromatic amines is 1. The molecule has 0 bridgehead atoms. The van der Waals surface area contributed by atoms with Gasteiger partial charge in [0.2, 0.25) is 5.78 Å². The Bertz CT molecular complexity index is 963. The van der Waals surface area contributed by atoms with Crippen molar-refractivity contribution in [3.63, 3.8) is 0 Å². The molecular weight excluding hydrogens is 442 g/mol. The first kappa shape index (κ1) is 22.7. The molecule has 1 heterocycles. The van der Waals surface area contributed by atoms with Crippen LogP contribution in [0.5, 0.6) is 11.5 Å². The van der Waals surface area contributed by atoms with Crippen LogP contribution in [0.4, 0.5) is 0 Å². The molecule has 0 saturated carbocycles. The summed E-state index contributed by atoms with van der Waals surface area (Å²) in [7, 11) is 3.03. The van der Waals surface area contributed by atoms with Gasteiger partial charge < -0.3 is 19.2 Å². The second-order valence-corrected chi connectivity index (χ2v) is 7.51. The fourth-order valence-corrected chi connectivity index (χ4v) is 3.67. The van der Waals surface area contributed by atoms with E-state index in [-0.39, 0.29) is 17.9 Å². The first-order valence-corrected chi connectivity index (χ1v) is 9.74. The SMILES string of the molecule is COc1cc(Br)c(CC(=O)OC(C)C(=O)c2[nH]c(C)c(C(C)=O)c2C)cc1OC. The highest BCUT2D eigenvalue weighted by atomic mass is 79.9. The second kappa shape index (κ2) is 9.26. The number of esters is 1. The van der Waals surface area contributed by atoms with E-state index in [0.717, 1.165) is 0 Å². The molecule has 1 aromatic heterocycles. The first-order chi connectivity index (χ1) is 13.6. The van der Waals surface area contributed by atoms with Gasteiger partial charge in [-0.3, -0.25) is 14.4 Å². The molecule has 1 N–H and O–H groups in total. The number of aromatic nitrogens is 1. The van der Waals surface area contributed by atoms with Gasteiger partial charge in [-0.2, -0.15) is 0 Å². The zero-order valence-electron chi connectivity index (χ0n) is 17.3. The highest BCUT2D eigenvalue weighted by Gasteiger charge is 2.26. The van der Waals surface area contributed by atoms with Crippen molar-refractivity contribution in [1.29, 1.82) is 0 Å². The zero-order chi connectivity index (χ0) is 21.9. The molecule has 0 spiro atoms. The third kappa shape index (κ3) is 4.87. The zero-order valence-corrected chi connectivity index (χ0v) is 18.9. The van der Waals surface area contributed by atoms with E-state index >= 15 is 0 Å². The molecule has 0 amide bonds. The van der Waals surface area contributed by atoms with Gasteiger partial charge in [0.25, 0.3) is 0 Å². The molecule has 156 valence electrons. The van der Waals surface area contributed by atoms with E-state index in [1.165, 1.54) is 28.1 Å². The van der Waals surface area contributed by atoms with Crippen molar-refractivity contribution in [3.05, 3.63) is 44.7 Å². The van der Waals surface area contributed by atoms with Crippen LogP contribution in [0.15, 0.2) is 16.6 Å². The normalized spacial score (nSPS) is 11.7. The monoisotopic (exact) mass is 465 g/mol. The number of rotatable bonds is 8. The van der Waals surface area contributed by atoms with E-state index in [9.17, 15) is 14.4 Å². The number of methoxy groups -OCH3 is 2. The highest BCUT2D eigenvalue weighted by molar-refractivity contribution is 9.10. The smallest absolute Gasteiger partial charge is 0.311 e. The van der Waals surface area contributed by atoms with Crippen LogP contribution in [0, 0.1) is 13.8 Å². The van der Waals surface area contributed by atoms with Gasteiger partial charge in [0, 0.05) is 15.7 Å². The summed E-state index contributed by atoms with van der Waals surface area (Å²) in [6.07, 6.45) is -1.06. The van der Waals surface area contributed by atoms with Crippen LogP contribution in [-0.4, -0.2) is 42.8 Å². The number of Topliss-reactive ketones (excluding diaryl/α,β-unsaturated/α-hetero) is 2. The Labute approximate surface area is 177 Å². The second-order valence-electron chi connectivity index (χ2n) is 6.65. The fraction of sp³-hybridized carbons (Fsp3) is 0.381. The molecule has 7 nitrogen and oxygen atoms in total. The van der Waals surface area contributed by atoms with Crippen LogP contribution >= 0.6 is 15.9 Å². The Hall–Kier alpha value is -2.61. The van der Waals surface area contributed by atoms with Crippen molar-refractivity contribution in [1.82, 2.24) is 4.98 Å². The minimum atomic E-state index is -1.00. The molecule has 1 aromatic carbocycles. The Balaban J connectivity index is 2.15. The largest absolute Gasteiger partial charge is 0.493 e. The lowest BCUT2D eigenvalue weighted by Gasteiger charge is -2.14. The number of carbonyl (C=O) groups excluding carboxylic acids is 3. The number of carbonyl (C=O) groups is 3. The average Bonchev–Trinajstić information content (AvgIpc) is 2.96. The minimum Gasteiger partial charge on any atom is -0.493 e. The van der Waals surface area contributed by atoms with Gasteiger partial charge >= 0.3 is 5.97 Å². The molecule has 0 fully saturated rings. The van der Waals surface area contributed by atoms with Crippen molar-refractivity contribution < 1.29 is 28.6 Å². The lowest BCUT2D eigenvalue weighted by Crippen LogP contribution is -2.26. The molecule has 0 aliphatic carbocycles. The number of aryl methyl sites for hydroxylation is 1. The third-order valence-electron chi connectivity index (χ3n) is 4.60. The standard InChI is InChI=1S/C21H24BrNO6/c1-10-19(12(3)24)11(2)23-20(10)21(26)13(4)29-18(25)8-14-7-16(27-5)17(28-6)9-15(14)22/h7,9,13,23H,8H2,1-6H3. The lowest BCUT2D eigenvalue weighted by atomic mass is 10.0. The molecule has 1 atom stereocenters. The number of ether oxygens (including phenoxy) is 3. The summed E-state index contributed by atoms with van der Waals surface area (Å²) in [5, 5.41) is 0. The van der Waals surface area contributed by atoms with Gasteiger partial charge in [-0.05, 0) is 51.0 Å². The number of H-pyrrole nitrogens is 1. The summed E-state index contributed by atoms with van der Waals surface area (Å²) in [5.74, 6) is -0.0710. The van der Waals surface area contributed by atoms with Gasteiger partial charge in [0.1, 0.15) is 0 Å². The third-order valence-corrected chi connectivity index (χ3v) is 5.34. The summed E-state index contributed by atoms with van der Waals surface area (Å²) in [5.41, 5.74) is 2.58. The van der Waals surface area contributed by atoms with Crippen LogP contribution in [0.2, 0.25) is 0 Å². The van der Waals surface area contributed by atoms with Crippen molar-refractivity contribution in [2.45, 2.75) is 40.2 Å². The molecule has 0 radical (unpaired) electrons. The van der Waals surface area contributed by atoms with Gasteiger partial charge in [0.05, 0.1) is 26.3 Å². The van der Waals surface area contributed by atoms with E-state index in [1.807, 2.05) is 0 Å². The molecule has 0 saturated heterocycles. The van der Waals surface area contributed by atoms with Crippen LogP contribution in [-0.2, 0) is 16.0 Å². The molecule has 8 heteroatoms.